The number of nitrogens with one attached hydrogen (secondary N) is 1. The summed E-state index contributed by atoms with van der Waals surface area (Å²) in [6, 6.07) is 13.7. The van der Waals surface area contributed by atoms with Crippen molar-refractivity contribution in [2.75, 3.05) is 7.11 Å². The van der Waals surface area contributed by atoms with Gasteiger partial charge in [0.05, 0.1) is 7.11 Å². The Hall–Kier alpha value is -1.52. The maximum atomic E-state index is 10.0. The lowest BCUT2D eigenvalue weighted by molar-refractivity contribution is 0.405. The standard InChI is InChI=1S/C17H20BrNO2/c1-11(13-5-4-6-14(18)9-13)19-12(2)16-10-15(21-3)7-8-17(16)20/h4-12,19-20H,1-3H3/t11-,12?/m1/s1. The van der Waals surface area contributed by atoms with E-state index in [0.717, 1.165) is 15.8 Å². The summed E-state index contributed by atoms with van der Waals surface area (Å²) in [6.07, 6.45) is 0. The average Bonchev–Trinajstić information content (AvgIpc) is 2.47. The van der Waals surface area contributed by atoms with Crippen molar-refractivity contribution in [2.45, 2.75) is 25.9 Å². The Morgan fingerprint density at radius 2 is 1.86 bits per heavy atom. The summed E-state index contributed by atoms with van der Waals surface area (Å²) < 4.78 is 6.28. The molecular formula is C17H20BrNO2. The van der Waals surface area contributed by atoms with Gasteiger partial charge in [0, 0.05) is 22.1 Å². The molecule has 0 amide bonds. The summed E-state index contributed by atoms with van der Waals surface area (Å²) in [7, 11) is 1.62. The third kappa shape index (κ3) is 3.99. The summed E-state index contributed by atoms with van der Waals surface area (Å²) in [5.41, 5.74) is 2.02. The first-order valence-electron chi connectivity index (χ1n) is 6.89. The summed E-state index contributed by atoms with van der Waals surface area (Å²) in [6.45, 7) is 4.14. The van der Waals surface area contributed by atoms with Gasteiger partial charge in [-0.2, -0.15) is 0 Å². The van der Waals surface area contributed by atoms with E-state index >= 15 is 0 Å². The lowest BCUT2D eigenvalue weighted by Crippen LogP contribution is -2.22. The van der Waals surface area contributed by atoms with Gasteiger partial charge in [-0.05, 0) is 49.7 Å². The van der Waals surface area contributed by atoms with Crippen LogP contribution in [0, 0.1) is 0 Å². The Balaban J connectivity index is 2.15. The third-order valence-electron chi connectivity index (χ3n) is 3.55. The number of halogens is 1. The molecule has 4 heteroatoms. The molecule has 0 aliphatic carbocycles. The number of phenols is 1. The summed E-state index contributed by atoms with van der Waals surface area (Å²) >= 11 is 3.49. The minimum atomic E-state index is 0.00841. The van der Waals surface area contributed by atoms with E-state index in [1.165, 1.54) is 5.56 Å². The van der Waals surface area contributed by atoms with Gasteiger partial charge in [-0.25, -0.2) is 0 Å². The zero-order valence-corrected chi connectivity index (χ0v) is 14.0. The molecule has 0 saturated carbocycles. The molecule has 0 radical (unpaired) electrons. The Morgan fingerprint density at radius 1 is 1.10 bits per heavy atom. The zero-order chi connectivity index (χ0) is 15.4. The highest BCUT2D eigenvalue weighted by atomic mass is 79.9. The van der Waals surface area contributed by atoms with Crippen LogP contribution >= 0.6 is 15.9 Å². The van der Waals surface area contributed by atoms with Crippen LogP contribution in [0.25, 0.3) is 0 Å². The maximum Gasteiger partial charge on any atom is 0.120 e. The number of phenolic OH excluding ortho intramolecular Hbond substituents is 1. The number of rotatable bonds is 5. The molecule has 3 nitrogen and oxygen atoms in total. The smallest absolute Gasteiger partial charge is 0.120 e. The minimum Gasteiger partial charge on any atom is -0.508 e. The van der Waals surface area contributed by atoms with Crippen LogP contribution in [0.2, 0.25) is 0 Å². The van der Waals surface area contributed by atoms with Gasteiger partial charge in [0.2, 0.25) is 0 Å². The molecule has 0 aliphatic heterocycles. The van der Waals surface area contributed by atoms with E-state index in [1.54, 1.807) is 19.2 Å². The van der Waals surface area contributed by atoms with Crippen LogP contribution in [0.4, 0.5) is 0 Å². The van der Waals surface area contributed by atoms with Crippen molar-refractivity contribution in [3.8, 4) is 11.5 Å². The Kier molecular flexibility index (Phi) is 5.26. The molecule has 2 aromatic rings. The molecule has 1 unspecified atom stereocenters. The van der Waals surface area contributed by atoms with Crippen LogP contribution in [-0.2, 0) is 0 Å². The number of aromatic hydroxyl groups is 1. The highest BCUT2D eigenvalue weighted by Crippen LogP contribution is 2.30. The van der Waals surface area contributed by atoms with E-state index in [9.17, 15) is 5.11 Å². The van der Waals surface area contributed by atoms with Crippen molar-refractivity contribution < 1.29 is 9.84 Å². The fourth-order valence-corrected chi connectivity index (χ4v) is 2.76. The summed E-state index contributed by atoms with van der Waals surface area (Å²) in [5.74, 6) is 1.02. The number of hydrogen-bond acceptors (Lipinski definition) is 3. The van der Waals surface area contributed by atoms with E-state index in [4.69, 9.17) is 4.74 Å². The molecular weight excluding hydrogens is 330 g/mol. The molecule has 2 atom stereocenters. The van der Waals surface area contributed by atoms with Crippen molar-refractivity contribution >= 4 is 15.9 Å². The lowest BCUT2D eigenvalue weighted by atomic mass is 10.0. The average molecular weight is 350 g/mol. The highest BCUT2D eigenvalue weighted by Gasteiger charge is 2.15. The van der Waals surface area contributed by atoms with Crippen LogP contribution in [0.15, 0.2) is 46.9 Å². The predicted molar refractivity (Wildman–Crippen MR) is 88.8 cm³/mol. The number of ether oxygens (including phenoxy) is 1. The largest absolute Gasteiger partial charge is 0.508 e. The summed E-state index contributed by atoms with van der Waals surface area (Å²) in [4.78, 5) is 0. The third-order valence-corrected chi connectivity index (χ3v) is 4.04. The van der Waals surface area contributed by atoms with Gasteiger partial charge in [0.15, 0.2) is 0 Å². The molecule has 0 aliphatic rings. The lowest BCUT2D eigenvalue weighted by Gasteiger charge is -2.22. The second-order valence-electron chi connectivity index (χ2n) is 5.09. The Bertz CT molecular complexity index is 615. The first-order chi connectivity index (χ1) is 10.0. The molecule has 0 spiro atoms. The van der Waals surface area contributed by atoms with Gasteiger partial charge in [-0.15, -0.1) is 0 Å². The summed E-state index contributed by atoms with van der Waals surface area (Å²) in [5, 5.41) is 13.5. The van der Waals surface area contributed by atoms with Gasteiger partial charge in [0.25, 0.3) is 0 Å². The van der Waals surface area contributed by atoms with Crippen LogP contribution in [0.5, 0.6) is 11.5 Å². The van der Waals surface area contributed by atoms with E-state index < -0.39 is 0 Å². The van der Waals surface area contributed by atoms with Crippen molar-refractivity contribution in [3.63, 3.8) is 0 Å². The number of methoxy groups -OCH3 is 1. The highest BCUT2D eigenvalue weighted by molar-refractivity contribution is 9.10. The van der Waals surface area contributed by atoms with Crippen molar-refractivity contribution in [3.05, 3.63) is 58.1 Å². The van der Waals surface area contributed by atoms with Crippen LogP contribution in [0.1, 0.15) is 37.1 Å². The molecule has 0 saturated heterocycles. The molecule has 0 aromatic heterocycles. The van der Waals surface area contributed by atoms with Gasteiger partial charge < -0.3 is 15.2 Å². The van der Waals surface area contributed by atoms with Crippen LogP contribution in [0.3, 0.4) is 0 Å². The van der Waals surface area contributed by atoms with Gasteiger partial charge in [-0.3, -0.25) is 0 Å². The first kappa shape index (κ1) is 15.9. The fourth-order valence-electron chi connectivity index (χ4n) is 2.34. The van der Waals surface area contributed by atoms with Gasteiger partial charge in [0.1, 0.15) is 11.5 Å². The normalized spacial score (nSPS) is 13.7. The fraction of sp³-hybridized carbons (Fsp3) is 0.294. The molecule has 2 N–H and O–H groups in total. The van der Waals surface area contributed by atoms with E-state index in [-0.39, 0.29) is 17.8 Å². The Morgan fingerprint density at radius 3 is 2.52 bits per heavy atom. The van der Waals surface area contributed by atoms with E-state index in [0.29, 0.717) is 0 Å². The number of benzene rings is 2. The molecule has 0 heterocycles. The Labute approximate surface area is 134 Å². The molecule has 2 rings (SSSR count). The zero-order valence-electron chi connectivity index (χ0n) is 12.4. The SMILES string of the molecule is COc1ccc(O)c(C(C)N[C@H](C)c2cccc(Br)c2)c1. The van der Waals surface area contributed by atoms with Crippen molar-refractivity contribution in [2.24, 2.45) is 0 Å². The predicted octanol–water partition coefficient (Wildman–Crippen LogP) is 4.58. The minimum absolute atomic E-state index is 0.00841. The van der Waals surface area contributed by atoms with Gasteiger partial charge in [-0.1, -0.05) is 28.1 Å². The molecule has 2 aromatic carbocycles. The monoisotopic (exact) mass is 349 g/mol. The second kappa shape index (κ2) is 6.96. The first-order valence-corrected chi connectivity index (χ1v) is 7.69. The van der Waals surface area contributed by atoms with Crippen LogP contribution < -0.4 is 10.1 Å². The van der Waals surface area contributed by atoms with Crippen LogP contribution in [-0.4, -0.2) is 12.2 Å². The molecule has 21 heavy (non-hydrogen) atoms. The number of hydrogen-bond donors (Lipinski definition) is 2. The molecule has 0 bridgehead atoms. The second-order valence-corrected chi connectivity index (χ2v) is 6.01. The molecule has 0 fully saturated rings. The maximum absolute atomic E-state index is 10.0. The van der Waals surface area contributed by atoms with E-state index in [1.807, 2.05) is 25.1 Å². The van der Waals surface area contributed by atoms with Crippen molar-refractivity contribution in [1.82, 2.24) is 5.32 Å². The topological polar surface area (TPSA) is 41.5 Å². The molecule has 112 valence electrons. The quantitative estimate of drug-likeness (QED) is 0.830. The van der Waals surface area contributed by atoms with E-state index in [2.05, 4.69) is 40.3 Å². The van der Waals surface area contributed by atoms with Crippen molar-refractivity contribution in [1.29, 1.82) is 0 Å². The van der Waals surface area contributed by atoms with Gasteiger partial charge >= 0.3 is 0 Å².